The van der Waals surface area contributed by atoms with Crippen LogP contribution < -0.4 is 15.5 Å². The first-order valence-corrected chi connectivity index (χ1v) is 11.7. The minimum Gasteiger partial charge on any atom is -0.387 e. The number of hydrogen-bond acceptors (Lipinski definition) is 7. The van der Waals surface area contributed by atoms with Gasteiger partial charge >= 0.3 is 0 Å². The van der Waals surface area contributed by atoms with E-state index in [1.54, 1.807) is 11.3 Å². The predicted octanol–water partition coefficient (Wildman–Crippen LogP) is 1.54. The molecule has 2 fully saturated rings. The number of thiazole rings is 1. The third-order valence-corrected chi connectivity index (χ3v) is 6.13. The lowest BCUT2D eigenvalue weighted by molar-refractivity contribution is -0.0179. The molecule has 2 saturated heterocycles. The summed E-state index contributed by atoms with van der Waals surface area (Å²) in [6.45, 7) is 11.9. The quantitative estimate of drug-likeness (QED) is 0.244. The van der Waals surface area contributed by atoms with E-state index in [4.69, 9.17) is 9.72 Å². The number of nitrogens with one attached hydrogen (secondary N) is 2. The van der Waals surface area contributed by atoms with Crippen molar-refractivity contribution in [2.75, 3.05) is 70.5 Å². The highest BCUT2D eigenvalue weighted by Crippen LogP contribution is 2.24. The van der Waals surface area contributed by atoms with Crippen LogP contribution in [-0.2, 0) is 11.2 Å². The molecule has 3 N–H and O–H groups in total. The molecule has 10 heteroatoms. The predicted molar refractivity (Wildman–Crippen MR) is 135 cm³/mol. The number of nitrogens with zero attached hydrogens (tertiary/aromatic N) is 4. The van der Waals surface area contributed by atoms with Gasteiger partial charge in [0.1, 0.15) is 0 Å². The second kappa shape index (κ2) is 13.0. The number of hydrogen-bond donors (Lipinski definition) is 3. The molecule has 0 radical (unpaired) electrons. The van der Waals surface area contributed by atoms with Gasteiger partial charge in [-0.3, -0.25) is 9.89 Å². The number of guanidine groups is 1. The number of halogens is 1. The Morgan fingerprint density at radius 1 is 1.27 bits per heavy atom. The van der Waals surface area contributed by atoms with Crippen LogP contribution in [0.3, 0.4) is 0 Å². The van der Waals surface area contributed by atoms with Gasteiger partial charge in [0.2, 0.25) is 0 Å². The number of aromatic nitrogens is 1. The molecule has 0 bridgehead atoms. The fourth-order valence-corrected chi connectivity index (χ4v) is 4.57. The molecule has 2 aliphatic heterocycles. The van der Waals surface area contributed by atoms with Crippen molar-refractivity contribution >= 4 is 46.4 Å². The van der Waals surface area contributed by atoms with Gasteiger partial charge in [0, 0.05) is 57.6 Å². The van der Waals surface area contributed by atoms with Crippen molar-refractivity contribution < 1.29 is 9.84 Å². The fourth-order valence-electron chi connectivity index (χ4n) is 3.66. The first kappa shape index (κ1) is 25.6. The Morgan fingerprint density at radius 2 is 2.00 bits per heavy atom. The Balaban J connectivity index is 0.00000320. The molecular weight excluding hydrogens is 515 g/mol. The number of β-amino-alcohol motifs (C(OH)–C–C–N with tert-alkyl or cyclic N) is 1. The van der Waals surface area contributed by atoms with Crippen LogP contribution in [0.1, 0.15) is 32.4 Å². The van der Waals surface area contributed by atoms with Gasteiger partial charge < -0.3 is 25.4 Å². The maximum Gasteiger partial charge on any atom is 0.191 e. The van der Waals surface area contributed by atoms with Crippen LogP contribution in [0, 0.1) is 0 Å². The Kier molecular flexibility index (Phi) is 11.1. The molecule has 172 valence electrons. The van der Waals surface area contributed by atoms with Crippen LogP contribution >= 0.6 is 35.3 Å². The van der Waals surface area contributed by atoms with Gasteiger partial charge in [0.25, 0.3) is 0 Å². The Hall–Kier alpha value is -0.690. The molecule has 0 aromatic carbocycles. The molecule has 0 amide bonds. The Labute approximate surface area is 201 Å². The van der Waals surface area contributed by atoms with Crippen molar-refractivity contribution in [2.24, 2.45) is 4.99 Å². The van der Waals surface area contributed by atoms with E-state index in [0.717, 1.165) is 75.7 Å². The molecule has 0 aliphatic carbocycles. The summed E-state index contributed by atoms with van der Waals surface area (Å²) in [6.07, 6.45) is 3.40. The third-order valence-electron chi connectivity index (χ3n) is 5.18. The molecule has 3 heterocycles. The summed E-state index contributed by atoms with van der Waals surface area (Å²) in [5.41, 5.74) is 0.263. The average Bonchev–Trinajstić information content (AvgIpc) is 3.38. The van der Waals surface area contributed by atoms with Crippen molar-refractivity contribution in [3.05, 3.63) is 11.1 Å². The molecule has 1 aromatic rings. The van der Waals surface area contributed by atoms with Crippen LogP contribution in [0.5, 0.6) is 0 Å². The first-order chi connectivity index (χ1) is 14.1. The Bertz CT molecular complexity index is 645. The van der Waals surface area contributed by atoms with Crippen LogP contribution in [0.25, 0.3) is 0 Å². The van der Waals surface area contributed by atoms with Gasteiger partial charge in [0.15, 0.2) is 11.1 Å². The van der Waals surface area contributed by atoms with Crippen LogP contribution in [-0.4, -0.2) is 92.1 Å². The molecule has 0 saturated carbocycles. The monoisotopic (exact) mass is 552 g/mol. The van der Waals surface area contributed by atoms with Gasteiger partial charge in [-0.25, -0.2) is 4.98 Å². The highest BCUT2D eigenvalue weighted by Gasteiger charge is 2.25. The smallest absolute Gasteiger partial charge is 0.191 e. The lowest BCUT2D eigenvalue weighted by Gasteiger charge is -2.33. The second-order valence-electron chi connectivity index (χ2n) is 8.07. The van der Waals surface area contributed by atoms with E-state index in [1.165, 1.54) is 12.8 Å². The molecule has 1 atom stereocenters. The van der Waals surface area contributed by atoms with Crippen LogP contribution in [0.15, 0.2) is 10.4 Å². The molecule has 8 nitrogen and oxygen atoms in total. The van der Waals surface area contributed by atoms with E-state index in [9.17, 15) is 5.11 Å². The topological polar surface area (TPSA) is 85.2 Å². The standard InChI is InChI=1S/C20H36N6O2S.HI/c1-3-21-18(23-15-20(2,27)16-25-10-12-28-13-11-25)22-7-6-17-14-29-19(24-17)26-8-4-5-9-26;/h14,27H,3-13,15-16H2,1-2H3,(H2,21,22,23);1H. The number of rotatable bonds is 9. The number of aliphatic imine (C=N–C) groups is 1. The molecule has 30 heavy (non-hydrogen) atoms. The van der Waals surface area contributed by atoms with Crippen molar-refractivity contribution in [3.8, 4) is 0 Å². The average molecular weight is 553 g/mol. The van der Waals surface area contributed by atoms with Gasteiger partial charge in [-0.05, 0) is 26.7 Å². The molecule has 1 aromatic heterocycles. The van der Waals surface area contributed by atoms with Gasteiger partial charge in [-0.2, -0.15) is 0 Å². The summed E-state index contributed by atoms with van der Waals surface area (Å²) in [5, 5.41) is 20.7. The number of anilines is 1. The molecular formula is C20H37IN6O2S. The third kappa shape index (κ3) is 8.45. The first-order valence-electron chi connectivity index (χ1n) is 10.8. The van der Waals surface area contributed by atoms with Crippen molar-refractivity contribution in [2.45, 2.75) is 38.7 Å². The van der Waals surface area contributed by atoms with Gasteiger partial charge in [0.05, 0.1) is 31.1 Å². The summed E-state index contributed by atoms with van der Waals surface area (Å²) in [7, 11) is 0. The molecule has 0 spiro atoms. The van der Waals surface area contributed by atoms with Crippen LogP contribution in [0.2, 0.25) is 0 Å². The van der Waals surface area contributed by atoms with Crippen molar-refractivity contribution in [1.82, 2.24) is 20.5 Å². The van der Waals surface area contributed by atoms with E-state index in [2.05, 4.69) is 30.8 Å². The minimum atomic E-state index is -0.862. The van der Waals surface area contributed by atoms with E-state index >= 15 is 0 Å². The van der Waals surface area contributed by atoms with Gasteiger partial charge in [-0.1, -0.05) is 0 Å². The summed E-state index contributed by atoms with van der Waals surface area (Å²) in [6, 6.07) is 0. The maximum absolute atomic E-state index is 10.7. The van der Waals surface area contributed by atoms with Crippen LogP contribution in [0.4, 0.5) is 5.13 Å². The molecule has 3 rings (SSSR count). The zero-order valence-corrected chi connectivity index (χ0v) is 21.4. The molecule has 2 aliphatic rings. The largest absolute Gasteiger partial charge is 0.387 e. The lowest BCUT2D eigenvalue weighted by Crippen LogP contribution is -2.48. The highest BCUT2D eigenvalue weighted by molar-refractivity contribution is 14.0. The fraction of sp³-hybridized carbons (Fsp3) is 0.800. The van der Waals surface area contributed by atoms with E-state index in [1.807, 2.05) is 13.8 Å². The van der Waals surface area contributed by atoms with Gasteiger partial charge in [-0.15, -0.1) is 35.3 Å². The zero-order chi connectivity index (χ0) is 20.5. The minimum absolute atomic E-state index is 0. The summed E-state index contributed by atoms with van der Waals surface area (Å²) in [4.78, 5) is 14.0. The number of morpholine rings is 1. The van der Waals surface area contributed by atoms with Crippen molar-refractivity contribution in [1.29, 1.82) is 0 Å². The van der Waals surface area contributed by atoms with E-state index < -0.39 is 5.60 Å². The lowest BCUT2D eigenvalue weighted by atomic mass is 10.1. The normalized spacial score (nSPS) is 20.0. The molecule has 1 unspecified atom stereocenters. The zero-order valence-electron chi connectivity index (χ0n) is 18.2. The van der Waals surface area contributed by atoms with E-state index in [-0.39, 0.29) is 24.0 Å². The highest BCUT2D eigenvalue weighted by atomic mass is 127. The number of ether oxygens (including phenoxy) is 1. The second-order valence-corrected chi connectivity index (χ2v) is 8.91. The number of aliphatic hydroxyl groups is 1. The Morgan fingerprint density at radius 3 is 2.70 bits per heavy atom. The van der Waals surface area contributed by atoms with E-state index in [0.29, 0.717) is 13.1 Å². The maximum atomic E-state index is 10.7. The SMILES string of the molecule is CCNC(=NCC(C)(O)CN1CCOCC1)NCCc1csc(N2CCCC2)n1.I. The summed E-state index contributed by atoms with van der Waals surface area (Å²) >= 11 is 1.74. The summed E-state index contributed by atoms with van der Waals surface area (Å²) in [5.74, 6) is 0.741. The van der Waals surface area contributed by atoms with Crippen molar-refractivity contribution in [3.63, 3.8) is 0 Å². The summed E-state index contributed by atoms with van der Waals surface area (Å²) < 4.78 is 5.38.